The average Bonchev–Trinajstić information content (AvgIpc) is 2.71. The van der Waals surface area contributed by atoms with E-state index >= 15 is 0 Å². The van der Waals surface area contributed by atoms with Gasteiger partial charge in [0.1, 0.15) is 17.3 Å². The fourth-order valence-electron chi connectivity index (χ4n) is 3.47. The van der Waals surface area contributed by atoms with E-state index in [0.717, 1.165) is 34.0 Å². The number of para-hydroxylation sites is 1. The Morgan fingerprint density at radius 1 is 0.645 bits per heavy atom. The lowest BCUT2D eigenvalue weighted by molar-refractivity contribution is 0.483. The van der Waals surface area contributed by atoms with Gasteiger partial charge in [-0.25, -0.2) is 0 Å². The minimum Gasteiger partial charge on any atom is -0.457 e. The molecule has 0 amide bonds. The zero-order valence-electron chi connectivity index (χ0n) is 18.1. The number of rotatable bonds is 6. The van der Waals surface area contributed by atoms with Crippen molar-refractivity contribution in [1.82, 2.24) is 15.0 Å². The number of hydrogen-bond acceptors (Lipinski definition) is 6. The van der Waals surface area contributed by atoms with Gasteiger partial charge < -0.3 is 15.4 Å². The van der Waals surface area contributed by atoms with Crippen LogP contribution in [0.2, 0.25) is 0 Å². The lowest BCUT2D eigenvalue weighted by Crippen LogP contribution is -2.07. The first kappa shape index (κ1) is 20.3. The SMILES string of the molecule is Cc1cc(C)c(Nc2nc(C)nc(Nc3cccc(Oc4ccccc4)c3)n2)c(C)c1. The third-order valence-corrected chi connectivity index (χ3v) is 4.73. The van der Waals surface area contributed by atoms with Crippen molar-refractivity contribution >= 4 is 23.3 Å². The fourth-order valence-corrected chi connectivity index (χ4v) is 3.47. The Morgan fingerprint density at radius 2 is 1.29 bits per heavy atom. The monoisotopic (exact) mass is 411 g/mol. The Hall–Kier alpha value is -3.93. The number of aromatic nitrogens is 3. The number of benzene rings is 3. The van der Waals surface area contributed by atoms with Gasteiger partial charge in [0.15, 0.2) is 0 Å². The second kappa shape index (κ2) is 8.83. The number of nitrogens with zero attached hydrogens (tertiary/aromatic N) is 3. The Balaban J connectivity index is 1.55. The van der Waals surface area contributed by atoms with Gasteiger partial charge in [-0.15, -0.1) is 0 Å². The number of nitrogens with one attached hydrogen (secondary N) is 2. The molecule has 0 saturated heterocycles. The van der Waals surface area contributed by atoms with E-state index in [1.807, 2.05) is 61.5 Å². The highest BCUT2D eigenvalue weighted by molar-refractivity contribution is 5.65. The van der Waals surface area contributed by atoms with Gasteiger partial charge in [0, 0.05) is 17.4 Å². The van der Waals surface area contributed by atoms with Crippen molar-refractivity contribution in [3.63, 3.8) is 0 Å². The summed E-state index contributed by atoms with van der Waals surface area (Å²) in [6.45, 7) is 8.10. The Bertz CT molecular complexity index is 1180. The maximum Gasteiger partial charge on any atom is 0.232 e. The molecule has 0 atom stereocenters. The molecule has 0 aliphatic heterocycles. The first-order valence-electron chi connectivity index (χ1n) is 10.1. The van der Waals surface area contributed by atoms with Crippen LogP contribution in [0.1, 0.15) is 22.5 Å². The lowest BCUT2D eigenvalue weighted by Gasteiger charge is -2.14. The second-order valence-electron chi connectivity index (χ2n) is 7.50. The maximum atomic E-state index is 5.91. The van der Waals surface area contributed by atoms with Gasteiger partial charge in [-0.05, 0) is 63.1 Å². The van der Waals surface area contributed by atoms with Crippen LogP contribution >= 0.6 is 0 Å². The van der Waals surface area contributed by atoms with Crippen molar-refractivity contribution in [2.45, 2.75) is 27.7 Å². The quantitative estimate of drug-likeness (QED) is 0.383. The molecule has 0 spiro atoms. The molecule has 4 aromatic rings. The van der Waals surface area contributed by atoms with Crippen LogP contribution in [0.5, 0.6) is 11.5 Å². The minimum absolute atomic E-state index is 0.467. The molecule has 1 aromatic heterocycles. The molecule has 31 heavy (non-hydrogen) atoms. The van der Waals surface area contributed by atoms with Crippen molar-refractivity contribution in [2.75, 3.05) is 10.6 Å². The average molecular weight is 412 g/mol. The van der Waals surface area contributed by atoms with Gasteiger partial charge in [-0.2, -0.15) is 15.0 Å². The molecule has 156 valence electrons. The van der Waals surface area contributed by atoms with Gasteiger partial charge in [-0.1, -0.05) is 42.0 Å². The van der Waals surface area contributed by atoms with E-state index in [1.165, 1.54) is 5.56 Å². The molecule has 0 bridgehead atoms. The molecular weight excluding hydrogens is 386 g/mol. The first-order valence-corrected chi connectivity index (χ1v) is 10.1. The number of hydrogen-bond donors (Lipinski definition) is 2. The number of ether oxygens (including phenoxy) is 1. The van der Waals surface area contributed by atoms with Crippen LogP contribution in [0.3, 0.4) is 0 Å². The van der Waals surface area contributed by atoms with Crippen LogP contribution in [0, 0.1) is 27.7 Å². The topological polar surface area (TPSA) is 72.0 Å². The molecule has 1 heterocycles. The summed E-state index contributed by atoms with van der Waals surface area (Å²) in [6, 6.07) is 21.6. The summed E-state index contributed by atoms with van der Waals surface area (Å²) in [4.78, 5) is 13.4. The van der Waals surface area contributed by atoms with E-state index in [9.17, 15) is 0 Å². The molecule has 3 aromatic carbocycles. The molecule has 6 heteroatoms. The van der Waals surface area contributed by atoms with Crippen LogP contribution in [0.25, 0.3) is 0 Å². The van der Waals surface area contributed by atoms with E-state index in [0.29, 0.717) is 17.7 Å². The maximum absolute atomic E-state index is 5.91. The van der Waals surface area contributed by atoms with Crippen LogP contribution in [-0.2, 0) is 0 Å². The second-order valence-corrected chi connectivity index (χ2v) is 7.50. The van der Waals surface area contributed by atoms with Gasteiger partial charge in [0.2, 0.25) is 11.9 Å². The summed E-state index contributed by atoms with van der Waals surface area (Å²) < 4.78 is 5.91. The molecule has 0 saturated carbocycles. The molecule has 2 N–H and O–H groups in total. The highest BCUT2D eigenvalue weighted by Gasteiger charge is 2.09. The summed E-state index contributed by atoms with van der Waals surface area (Å²) >= 11 is 0. The summed E-state index contributed by atoms with van der Waals surface area (Å²) in [7, 11) is 0. The van der Waals surface area contributed by atoms with Crippen LogP contribution in [-0.4, -0.2) is 15.0 Å². The first-order chi connectivity index (χ1) is 15.0. The Kier molecular flexibility index (Phi) is 5.80. The highest BCUT2D eigenvalue weighted by atomic mass is 16.5. The van der Waals surface area contributed by atoms with Gasteiger partial charge >= 0.3 is 0 Å². The van der Waals surface area contributed by atoms with Gasteiger partial charge in [0.25, 0.3) is 0 Å². The third kappa shape index (κ3) is 5.17. The van der Waals surface area contributed by atoms with Crippen LogP contribution in [0.4, 0.5) is 23.3 Å². The van der Waals surface area contributed by atoms with E-state index in [4.69, 9.17) is 4.74 Å². The Labute approximate surface area is 182 Å². The van der Waals surface area contributed by atoms with Crippen LogP contribution < -0.4 is 15.4 Å². The predicted octanol–water partition coefficient (Wildman–Crippen LogP) is 6.38. The zero-order valence-corrected chi connectivity index (χ0v) is 18.1. The largest absolute Gasteiger partial charge is 0.457 e. The number of anilines is 4. The lowest BCUT2D eigenvalue weighted by atomic mass is 10.1. The molecule has 6 nitrogen and oxygen atoms in total. The Morgan fingerprint density at radius 3 is 2.00 bits per heavy atom. The fraction of sp³-hybridized carbons (Fsp3) is 0.160. The molecule has 0 aliphatic carbocycles. The molecular formula is C25H25N5O. The number of aryl methyl sites for hydroxylation is 4. The predicted molar refractivity (Wildman–Crippen MR) is 125 cm³/mol. The molecule has 0 radical (unpaired) electrons. The minimum atomic E-state index is 0.467. The van der Waals surface area contributed by atoms with Crippen molar-refractivity contribution < 1.29 is 4.74 Å². The van der Waals surface area contributed by atoms with E-state index < -0.39 is 0 Å². The zero-order chi connectivity index (χ0) is 21.8. The van der Waals surface area contributed by atoms with Crippen molar-refractivity contribution in [3.8, 4) is 11.5 Å². The summed E-state index contributed by atoms with van der Waals surface area (Å²) in [6.07, 6.45) is 0. The van der Waals surface area contributed by atoms with Crippen molar-refractivity contribution in [2.24, 2.45) is 0 Å². The van der Waals surface area contributed by atoms with E-state index in [2.05, 4.69) is 58.5 Å². The standard InChI is InChI=1S/C25H25N5O/c1-16-13-17(2)23(18(3)14-16)29-25-27-19(4)26-24(30-25)28-20-9-8-12-22(15-20)31-21-10-6-5-7-11-21/h5-15H,1-4H3,(H2,26,27,28,29,30). The molecule has 0 unspecified atom stereocenters. The van der Waals surface area contributed by atoms with Crippen molar-refractivity contribution in [1.29, 1.82) is 0 Å². The highest BCUT2D eigenvalue weighted by Crippen LogP contribution is 2.27. The molecule has 0 aliphatic rings. The van der Waals surface area contributed by atoms with E-state index in [1.54, 1.807) is 0 Å². The molecule has 4 rings (SSSR count). The normalized spacial score (nSPS) is 10.6. The van der Waals surface area contributed by atoms with Crippen LogP contribution in [0.15, 0.2) is 66.7 Å². The third-order valence-electron chi connectivity index (χ3n) is 4.73. The summed E-state index contributed by atoms with van der Waals surface area (Å²) in [5.74, 6) is 3.10. The molecule has 0 fully saturated rings. The van der Waals surface area contributed by atoms with Gasteiger partial charge in [-0.3, -0.25) is 0 Å². The summed E-state index contributed by atoms with van der Waals surface area (Å²) in [5, 5.41) is 6.61. The van der Waals surface area contributed by atoms with Gasteiger partial charge in [0.05, 0.1) is 0 Å². The summed E-state index contributed by atoms with van der Waals surface area (Å²) in [5.41, 5.74) is 5.37. The smallest absolute Gasteiger partial charge is 0.232 e. The van der Waals surface area contributed by atoms with Crippen molar-refractivity contribution in [3.05, 3.63) is 89.2 Å². The van der Waals surface area contributed by atoms with E-state index in [-0.39, 0.29) is 0 Å².